The molecule has 1 N–H and O–H groups in total. The van der Waals surface area contributed by atoms with Gasteiger partial charge in [-0.2, -0.15) is 0 Å². The Balaban J connectivity index is -0.000000175. The fourth-order valence-electron chi connectivity index (χ4n) is 1.49. The van der Waals surface area contributed by atoms with E-state index in [1.54, 1.807) is 6.92 Å². The normalized spacial score (nSPS) is 14.8. The summed E-state index contributed by atoms with van der Waals surface area (Å²) in [5.74, 6) is -1.04. The summed E-state index contributed by atoms with van der Waals surface area (Å²) in [4.78, 5) is 10.7. The Morgan fingerprint density at radius 3 is 2.71 bits per heavy atom. The van der Waals surface area contributed by atoms with Crippen molar-refractivity contribution in [3.05, 3.63) is 34.9 Å². The van der Waals surface area contributed by atoms with Crippen LogP contribution < -0.4 is 0 Å². The highest BCUT2D eigenvalue weighted by Gasteiger charge is 2.12. The van der Waals surface area contributed by atoms with Crippen molar-refractivity contribution < 1.29 is 21.8 Å². The molecule has 0 aliphatic carbocycles. The van der Waals surface area contributed by atoms with E-state index in [-0.39, 0.29) is 5.92 Å². The van der Waals surface area contributed by atoms with Crippen LogP contribution in [0.2, 0.25) is 0 Å². The fourth-order valence-corrected chi connectivity index (χ4v) is 1.49. The summed E-state index contributed by atoms with van der Waals surface area (Å²) in [6.45, 7) is 5.80. The number of carboxylic acids is 1. The van der Waals surface area contributed by atoms with Crippen molar-refractivity contribution >= 4 is 5.97 Å². The highest BCUT2D eigenvalue weighted by Crippen LogP contribution is 2.15. The molecule has 0 unspecified atom stereocenters. The first kappa shape index (κ1) is 6.23. The molecule has 0 aromatic heterocycles. The summed E-state index contributed by atoms with van der Waals surface area (Å²) in [7, 11) is 0. The van der Waals surface area contributed by atoms with Crippen LogP contribution in [0.1, 0.15) is 35.5 Å². The summed E-state index contributed by atoms with van der Waals surface area (Å²) < 4.78 is 40.0. The molecule has 1 aromatic carbocycles. The number of hydrogen-bond donors (Lipinski definition) is 1. The standard InChI is InChI=1S/C12H16O2.4H2/c1-8-4-5-11(9(2)6-8)7-10(3)12(13)14;;;;/h4-6,10H,7H2,1-3H3,(H,13,14);4*1H/t10-;;;;/m1..../s1/i;4*1+1D. The topological polar surface area (TPSA) is 37.3 Å². The van der Waals surface area contributed by atoms with Crippen molar-refractivity contribution in [3.8, 4) is 0 Å². The first-order valence-corrected chi connectivity index (χ1v) is 4.79. The molecule has 0 saturated carbocycles. The highest BCUT2D eigenvalue weighted by atomic mass is 16.4. The van der Waals surface area contributed by atoms with Gasteiger partial charge in [-0.25, -0.2) is 0 Å². The van der Waals surface area contributed by atoms with Gasteiger partial charge in [0.2, 0.25) is 0 Å². The zero-order chi connectivity index (χ0) is 18.7. The van der Waals surface area contributed by atoms with Crippen molar-refractivity contribution in [1.29, 1.82) is 0 Å². The number of aryl methyl sites for hydroxylation is 2. The van der Waals surface area contributed by atoms with E-state index in [9.17, 15) is 4.79 Å². The second-order valence-corrected chi connectivity index (χ2v) is 3.87. The molecule has 0 aliphatic rings. The van der Waals surface area contributed by atoms with Crippen LogP contribution in [0.5, 0.6) is 0 Å². The van der Waals surface area contributed by atoms with Crippen LogP contribution in [0.25, 0.3) is 0 Å². The van der Waals surface area contributed by atoms with E-state index in [1.807, 2.05) is 26.0 Å². The molecule has 0 bridgehead atoms. The van der Waals surface area contributed by atoms with Gasteiger partial charge in [0.05, 0.1) is 5.92 Å². The predicted octanol–water partition coefficient (Wildman–Crippen LogP) is 3.55. The van der Waals surface area contributed by atoms with Crippen molar-refractivity contribution in [1.82, 2.24) is 0 Å². The maximum atomic E-state index is 10.7. The average Bonchev–Trinajstić information content (AvgIpc) is 2.57. The van der Waals surface area contributed by atoms with Crippen LogP contribution >= 0.6 is 0 Å². The minimum Gasteiger partial charge on any atom is -0.481 e. The first-order valence-electron chi connectivity index (χ1n) is 8.79. The highest BCUT2D eigenvalue weighted by molar-refractivity contribution is 5.70. The zero-order valence-corrected chi connectivity index (χ0v) is 8.87. The van der Waals surface area contributed by atoms with E-state index < -0.39 is 5.97 Å². The second kappa shape index (κ2) is 4.27. The summed E-state index contributed by atoms with van der Waals surface area (Å²) in [5.41, 5.74) is 3.53. The number of carbonyl (C=O) groups is 1. The molecule has 2 heteroatoms. The third-order valence-corrected chi connectivity index (χ3v) is 2.45. The van der Waals surface area contributed by atoms with Gasteiger partial charge in [-0.1, -0.05) is 30.7 Å². The molecular weight excluding hydrogens is 176 g/mol. The molecule has 0 fully saturated rings. The van der Waals surface area contributed by atoms with Crippen LogP contribution in [0.4, 0.5) is 0 Å². The van der Waals surface area contributed by atoms with E-state index in [2.05, 4.69) is 6.07 Å². The largest absolute Gasteiger partial charge is 0.481 e. The molecule has 1 atom stereocenters. The third kappa shape index (κ3) is 2.59. The van der Waals surface area contributed by atoms with Gasteiger partial charge in [0.1, 0.15) is 0 Å². The maximum Gasteiger partial charge on any atom is 0.306 e. The summed E-state index contributed by atoms with van der Waals surface area (Å²) in [6.07, 6.45) is 0.613. The predicted molar refractivity (Wildman–Crippen MR) is 64.9 cm³/mol. The molecule has 2 nitrogen and oxygen atoms in total. The molecule has 1 rings (SSSR count). The maximum absolute atomic E-state index is 10.7. The fraction of sp³-hybridized carbons (Fsp3) is 0.417. The number of aliphatic carboxylic acids is 1. The number of rotatable bonds is 3. The number of hydrogen-bond acceptors (Lipinski definition) is 1. The van der Waals surface area contributed by atoms with E-state index in [0.717, 1.165) is 5.56 Å². The minimum absolute atomic E-state index is 0.309. The summed E-state index contributed by atoms with van der Waals surface area (Å²) in [6, 6.07) is 6.13. The molecule has 0 aliphatic heterocycles. The quantitative estimate of drug-likeness (QED) is 0.824. The lowest BCUT2D eigenvalue weighted by molar-refractivity contribution is -0.141. The minimum atomic E-state index is -0.732. The van der Waals surface area contributed by atoms with Gasteiger partial charge in [-0.3, -0.25) is 4.79 Å². The smallest absolute Gasteiger partial charge is 0.306 e. The lowest BCUT2D eigenvalue weighted by Gasteiger charge is -2.09. The Bertz CT molecular complexity index is 363. The lowest BCUT2D eigenvalue weighted by Crippen LogP contribution is -2.12. The van der Waals surface area contributed by atoms with E-state index in [1.165, 1.54) is 11.1 Å². The van der Waals surface area contributed by atoms with E-state index in [4.69, 9.17) is 17.0 Å². The Hall–Kier alpha value is -1.31. The molecule has 1 aromatic rings. The number of benzene rings is 1. The summed E-state index contributed by atoms with van der Waals surface area (Å²) >= 11 is 0. The zero-order valence-electron chi connectivity index (χ0n) is 16.9. The van der Waals surface area contributed by atoms with Gasteiger partial charge in [0.25, 0.3) is 0 Å². The second-order valence-electron chi connectivity index (χ2n) is 3.87. The average molecular weight is 208 g/mol. The van der Waals surface area contributed by atoms with Crippen molar-refractivity contribution in [3.63, 3.8) is 0 Å². The number of carboxylic acid groups (broad SMARTS) is 1. The van der Waals surface area contributed by atoms with Gasteiger partial charge in [0.15, 0.2) is 0 Å². The van der Waals surface area contributed by atoms with Crippen molar-refractivity contribution in [2.75, 3.05) is 0 Å². The molecule has 0 spiro atoms. The Kier molecular flexibility index (Phi) is 1.90. The molecule has 0 saturated heterocycles. The lowest BCUT2D eigenvalue weighted by atomic mass is 9.96. The van der Waals surface area contributed by atoms with Gasteiger partial charge in [-0.05, 0) is 31.4 Å². The molecule has 0 radical (unpaired) electrons. The van der Waals surface area contributed by atoms with Crippen LogP contribution in [-0.2, 0) is 11.2 Å². The van der Waals surface area contributed by atoms with Gasteiger partial charge < -0.3 is 5.11 Å². The molecule has 14 heavy (non-hydrogen) atoms. The van der Waals surface area contributed by atoms with Crippen LogP contribution in [0.3, 0.4) is 0 Å². The van der Waals surface area contributed by atoms with Crippen molar-refractivity contribution in [2.24, 2.45) is 5.92 Å². The van der Waals surface area contributed by atoms with Crippen LogP contribution in [0.15, 0.2) is 18.2 Å². The van der Waals surface area contributed by atoms with E-state index in [0.29, 0.717) is 6.42 Å². The van der Waals surface area contributed by atoms with Crippen LogP contribution in [-0.4, -0.2) is 11.1 Å². The van der Waals surface area contributed by atoms with Crippen LogP contribution in [0, 0.1) is 19.8 Å². The molecular formula is C12H24O2. The Morgan fingerprint density at radius 2 is 2.21 bits per heavy atom. The van der Waals surface area contributed by atoms with Gasteiger partial charge in [0, 0.05) is 11.9 Å². The van der Waals surface area contributed by atoms with Gasteiger partial charge >= 0.3 is 5.97 Å². The molecule has 0 amide bonds. The monoisotopic (exact) mass is 208 g/mol. The first-order chi connectivity index (χ1) is 10.5. The SMILES string of the molecule is Cc1ccc(C[C@@H](C)C(=O)O)c(C)c1.[2H][2H].[2H][2H].[2H][2H].[2H][2H]. The Labute approximate surface area is 96.9 Å². The van der Waals surface area contributed by atoms with Gasteiger partial charge in [-0.15, -0.1) is 0 Å². The van der Waals surface area contributed by atoms with E-state index >= 15 is 0 Å². The third-order valence-electron chi connectivity index (χ3n) is 2.45. The molecule has 0 heterocycles. The van der Waals surface area contributed by atoms with Crippen molar-refractivity contribution in [2.45, 2.75) is 27.2 Å². The Morgan fingerprint density at radius 1 is 1.57 bits per heavy atom. The summed E-state index contributed by atoms with van der Waals surface area (Å²) in [5, 5.41) is 8.79. The molecule has 84 valence electrons.